The Morgan fingerprint density at radius 3 is 2.47 bits per heavy atom. The monoisotopic (exact) mass is 240 g/mol. The number of carbonyl (C=O) groups is 1. The van der Waals surface area contributed by atoms with Gasteiger partial charge in [-0.3, -0.25) is 4.79 Å². The summed E-state index contributed by atoms with van der Waals surface area (Å²) in [5, 5.41) is 0. The molecular formula is C15H28O2. The highest BCUT2D eigenvalue weighted by atomic mass is 16.5. The van der Waals surface area contributed by atoms with Crippen molar-refractivity contribution in [1.29, 1.82) is 0 Å². The highest BCUT2D eigenvalue weighted by Gasteiger charge is 2.31. The molecule has 0 saturated heterocycles. The van der Waals surface area contributed by atoms with Gasteiger partial charge in [0, 0.05) is 0 Å². The first-order valence-corrected chi connectivity index (χ1v) is 7.32. The molecule has 0 bridgehead atoms. The summed E-state index contributed by atoms with van der Waals surface area (Å²) in [7, 11) is 0. The molecule has 0 radical (unpaired) electrons. The van der Waals surface area contributed by atoms with Crippen molar-refractivity contribution < 1.29 is 9.53 Å². The Morgan fingerprint density at radius 1 is 1.24 bits per heavy atom. The fraction of sp³-hybridized carbons (Fsp3) is 0.933. The quantitative estimate of drug-likeness (QED) is 0.674. The minimum atomic E-state index is 0.00546. The van der Waals surface area contributed by atoms with E-state index in [2.05, 4.69) is 13.8 Å². The predicted octanol–water partition coefficient (Wildman–Crippen LogP) is 4.18. The summed E-state index contributed by atoms with van der Waals surface area (Å²) in [6.45, 7) is 8.48. The third-order valence-electron chi connectivity index (χ3n) is 4.41. The summed E-state index contributed by atoms with van der Waals surface area (Å²) in [5.41, 5.74) is 0. The zero-order valence-corrected chi connectivity index (χ0v) is 11.9. The maximum atomic E-state index is 11.8. The van der Waals surface area contributed by atoms with E-state index >= 15 is 0 Å². The van der Waals surface area contributed by atoms with Crippen LogP contribution < -0.4 is 0 Å². The van der Waals surface area contributed by atoms with Crippen LogP contribution in [0.1, 0.15) is 66.2 Å². The molecule has 1 fully saturated rings. The van der Waals surface area contributed by atoms with Crippen molar-refractivity contribution in [1.82, 2.24) is 0 Å². The fourth-order valence-electron chi connectivity index (χ4n) is 2.72. The summed E-state index contributed by atoms with van der Waals surface area (Å²) in [4.78, 5) is 11.8. The zero-order valence-electron chi connectivity index (χ0n) is 11.9. The first-order chi connectivity index (χ1) is 8.12. The highest BCUT2D eigenvalue weighted by molar-refractivity contribution is 5.72. The van der Waals surface area contributed by atoms with E-state index < -0.39 is 0 Å². The van der Waals surface area contributed by atoms with E-state index in [9.17, 15) is 4.79 Å². The topological polar surface area (TPSA) is 26.3 Å². The van der Waals surface area contributed by atoms with Gasteiger partial charge in [-0.2, -0.15) is 0 Å². The summed E-state index contributed by atoms with van der Waals surface area (Å²) in [6.07, 6.45) is 7.00. The third-order valence-corrected chi connectivity index (χ3v) is 4.41. The first-order valence-electron chi connectivity index (χ1n) is 7.32. The van der Waals surface area contributed by atoms with Gasteiger partial charge in [-0.05, 0) is 43.9 Å². The van der Waals surface area contributed by atoms with Gasteiger partial charge in [0.05, 0.1) is 5.92 Å². The average Bonchev–Trinajstić information content (AvgIpc) is 2.37. The molecule has 1 rings (SSSR count). The molecule has 4 atom stereocenters. The number of ether oxygens (including phenoxy) is 1. The second-order valence-corrected chi connectivity index (χ2v) is 5.54. The molecular weight excluding hydrogens is 212 g/mol. The van der Waals surface area contributed by atoms with Gasteiger partial charge in [0.25, 0.3) is 0 Å². The van der Waals surface area contributed by atoms with Gasteiger partial charge in [0.15, 0.2) is 0 Å². The Bertz CT molecular complexity index is 237. The molecule has 0 aliphatic heterocycles. The van der Waals surface area contributed by atoms with Crippen LogP contribution in [0.4, 0.5) is 0 Å². The molecule has 0 N–H and O–H groups in total. The van der Waals surface area contributed by atoms with Crippen molar-refractivity contribution >= 4 is 5.97 Å². The third kappa shape index (κ3) is 4.01. The fourth-order valence-corrected chi connectivity index (χ4v) is 2.72. The van der Waals surface area contributed by atoms with Gasteiger partial charge in [0.2, 0.25) is 0 Å². The van der Waals surface area contributed by atoms with Crippen LogP contribution in [0.25, 0.3) is 0 Å². The van der Waals surface area contributed by atoms with E-state index in [-0.39, 0.29) is 18.0 Å². The van der Waals surface area contributed by atoms with E-state index in [0.717, 1.165) is 25.2 Å². The molecule has 2 nitrogen and oxygen atoms in total. The lowest BCUT2D eigenvalue weighted by Gasteiger charge is -2.35. The van der Waals surface area contributed by atoms with Crippen molar-refractivity contribution in [3.63, 3.8) is 0 Å². The first kappa shape index (κ1) is 14.5. The average molecular weight is 240 g/mol. The number of rotatable bonds is 5. The summed E-state index contributed by atoms with van der Waals surface area (Å²) < 4.78 is 5.70. The molecule has 0 aromatic carbocycles. The zero-order chi connectivity index (χ0) is 12.8. The van der Waals surface area contributed by atoms with Crippen molar-refractivity contribution in [3.05, 3.63) is 0 Å². The Kier molecular flexibility index (Phi) is 6.01. The van der Waals surface area contributed by atoms with E-state index in [4.69, 9.17) is 4.74 Å². The van der Waals surface area contributed by atoms with Crippen LogP contribution >= 0.6 is 0 Å². The van der Waals surface area contributed by atoms with Crippen molar-refractivity contribution in [2.75, 3.05) is 0 Å². The van der Waals surface area contributed by atoms with Gasteiger partial charge >= 0.3 is 5.97 Å². The lowest BCUT2D eigenvalue weighted by molar-refractivity contribution is -0.159. The standard InChI is InChI=1S/C15H28O2/c1-5-11(4)15(16)17-14-9-8-12(6-2)10-13(14)7-3/h11-14H,5-10H2,1-4H3. The summed E-state index contributed by atoms with van der Waals surface area (Å²) in [5.74, 6) is 1.49. The predicted molar refractivity (Wildman–Crippen MR) is 70.7 cm³/mol. The second-order valence-electron chi connectivity index (χ2n) is 5.54. The molecule has 1 saturated carbocycles. The Balaban J connectivity index is 2.50. The molecule has 0 aromatic rings. The highest BCUT2D eigenvalue weighted by Crippen LogP contribution is 2.35. The molecule has 0 amide bonds. The van der Waals surface area contributed by atoms with Crippen molar-refractivity contribution in [2.24, 2.45) is 17.8 Å². The van der Waals surface area contributed by atoms with Crippen LogP contribution in [0.5, 0.6) is 0 Å². The maximum Gasteiger partial charge on any atom is 0.308 e. The molecule has 4 unspecified atom stereocenters. The maximum absolute atomic E-state index is 11.8. The Morgan fingerprint density at radius 2 is 1.94 bits per heavy atom. The molecule has 1 aliphatic carbocycles. The van der Waals surface area contributed by atoms with Gasteiger partial charge < -0.3 is 4.74 Å². The van der Waals surface area contributed by atoms with E-state index in [1.54, 1.807) is 0 Å². The van der Waals surface area contributed by atoms with Gasteiger partial charge in [-0.15, -0.1) is 0 Å². The summed E-state index contributed by atoms with van der Waals surface area (Å²) in [6, 6.07) is 0. The number of carbonyl (C=O) groups excluding carboxylic acids is 1. The second kappa shape index (κ2) is 7.03. The number of hydrogen-bond acceptors (Lipinski definition) is 2. The lowest BCUT2D eigenvalue weighted by atomic mass is 9.77. The van der Waals surface area contributed by atoms with Crippen LogP contribution in [-0.2, 0) is 9.53 Å². The van der Waals surface area contributed by atoms with Crippen LogP contribution in [0.3, 0.4) is 0 Å². The Hall–Kier alpha value is -0.530. The van der Waals surface area contributed by atoms with E-state index in [0.29, 0.717) is 5.92 Å². The lowest BCUT2D eigenvalue weighted by Crippen LogP contribution is -2.34. The minimum Gasteiger partial charge on any atom is -0.462 e. The van der Waals surface area contributed by atoms with Gasteiger partial charge in [0.1, 0.15) is 6.10 Å². The summed E-state index contributed by atoms with van der Waals surface area (Å²) >= 11 is 0. The van der Waals surface area contributed by atoms with Gasteiger partial charge in [-0.25, -0.2) is 0 Å². The van der Waals surface area contributed by atoms with Crippen molar-refractivity contribution in [3.8, 4) is 0 Å². The Labute approximate surface area is 106 Å². The van der Waals surface area contributed by atoms with Crippen LogP contribution in [0.2, 0.25) is 0 Å². The molecule has 1 aliphatic rings. The molecule has 100 valence electrons. The molecule has 0 heterocycles. The smallest absolute Gasteiger partial charge is 0.308 e. The van der Waals surface area contributed by atoms with E-state index in [1.807, 2.05) is 13.8 Å². The van der Waals surface area contributed by atoms with E-state index in [1.165, 1.54) is 19.3 Å². The molecule has 2 heteroatoms. The largest absolute Gasteiger partial charge is 0.462 e. The molecule has 0 spiro atoms. The normalized spacial score (nSPS) is 30.9. The minimum absolute atomic E-state index is 0.00546. The van der Waals surface area contributed by atoms with Gasteiger partial charge in [-0.1, -0.05) is 34.1 Å². The van der Waals surface area contributed by atoms with Crippen LogP contribution in [-0.4, -0.2) is 12.1 Å². The van der Waals surface area contributed by atoms with Crippen LogP contribution in [0.15, 0.2) is 0 Å². The molecule has 0 aromatic heterocycles. The molecule has 17 heavy (non-hydrogen) atoms. The van der Waals surface area contributed by atoms with Crippen molar-refractivity contribution in [2.45, 2.75) is 72.3 Å². The SMILES string of the molecule is CCC1CCC(OC(=O)C(C)CC)C(CC)C1. The number of esters is 1. The number of hydrogen-bond donors (Lipinski definition) is 0. The van der Waals surface area contributed by atoms with Crippen LogP contribution in [0, 0.1) is 17.8 Å².